The molecule has 3 rings (SSSR count). The normalized spacial score (nSPS) is 13.2. The third kappa shape index (κ3) is 1.86. The standard InChI is InChI=1S/C12H8N4O4S/c1-15-11(18)9(21-12(15)13)8-6-4-5(16(19)20)2-3-7(6)14-10(8)17/h2-4,13,18H,1H3. The molecular formula is C12H8N4O4S. The summed E-state index contributed by atoms with van der Waals surface area (Å²) in [6.45, 7) is 0. The number of carbonyl (C=O) groups is 1. The van der Waals surface area contributed by atoms with Gasteiger partial charge in [0.2, 0.25) is 5.88 Å². The molecule has 1 aliphatic heterocycles. The van der Waals surface area contributed by atoms with Crippen molar-refractivity contribution in [2.75, 3.05) is 0 Å². The van der Waals surface area contributed by atoms with E-state index in [-0.39, 0.29) is 26.8 Å². The lowest BCUT2D eigenvalue weighted by Crippen LogP contribution is -2.23. The Morgan fingerprint density at radius 3 is 2.76 bits per heavy atom. The molecule has 1 aliphatic rings. The average Bonchev–Trinajstić information content (AvgIpc) is 2.89. The molecule has 2 heterocycles. The van der Waals surface area contributed by atoms with Gasteiger partial charge in [-0.25, -0.2) is 4.99 Å². The van der Waals surface area contributed by atoms with Crippen LogP contribution < -0.4 is 15.4 Å². The van der Waals surface area contributed by atoms with Crippen LogP contribution in [0.5, 0.6) is 5.88 Å². The summed E-state index contributed by atoms with van der Waals surface area (Å²) in [5, 5.41) is 29.1. The highest BCUT2D eigenvalue weighted by Gasteiger charge is 2.25. The van der Waals surface area contributed by atoms with E-state index in [4.69, 9.17) is 5.41 Å². The lowest BCUT2D eigenvalue weighted by Gasteiger charge is -1.98. The Morgan fingerprint density at radius 2 is 2.19 bits per heavy atom. The Labute approximate surface area is 120 Å². The maximum atomic E-state index is 12.0. The van der Waals surface area contributed by atoms with Crippen LogP contribution in [0.2, 0.25) is 0 Å². The number of thiazole rings is 1. The van der Waals surface area contributed by atoms with E-state index in [1.54, 1.807) is 0 Å². The minimum Gasteiger partial charge on any atom is -0.493 e. The van der Waals surface area contributed by atoms with Crippen molar-refractivity contribution in [3.05, 3.63) is 48.6 Å². The first-order chi connectivity index (χ1) is 9.90. The van der Waals surface area contributed by atoms with Crippen molar-refractivity contribution in [3.8, 4) is 5.88 Å². The van der Waals surface area contributed by atoms with Gasteiger partial charge in [0.1, 0.15) is 4.88 Å². The van der Waals surface area contributed by atoms with E-state index in [0.29, 0.717) is 10.6 Å². The lowest BCUT2D eigenvalue weighted by molar-refractivity contribution is -0.385. The highest BCUT2D eigenvalue weighted by Crippen LogP contribution is 2.27. The first kappa shape index (κ1) is 13.2. The Hall–Kier alpha value is -2.81. The summed E-state index contributed by atoms with van der Waals surface area (Å²) in [5.74, 6) is -0.814. The molecule has 1 aromatic heterocycles. The van der Waals surface area contributed by atoms with Crippen molar-refractivity contribution in [2.45, 2.75) is 0 Å². The monoisotopic (exact) mass is 304 g/mol. The lowest BCUT2D eigenvalue weighted by atomic mass is 10.1. The Bertz CT molecular complexity index is 986. The molecule has 0 bridgehead atoms. The molecule has 0 saturated heterocycles. The van der Waals surface area contributed by atoms with Gasteiger partial charge in [-0.3, -0.25) is 24.9 Å². The molecule has 1 amide bonds. The van der Waals surface area contributed by atoms with Gasteiger partial charge < -0.3 is 5.11 Å². The third-order valence-corrected chi connectivity index (χ3v) is 4.21. The predicted octanol–water partition coefficient (Wildman–Crippen LogP) is -0.461. The number of non-ortho nitro benzene ring substituents is 1. The van der Waals surface area contributed by atoms with E-state index < -0.39 is 10.8 Å². The Balaban J connectivity index is 2.42. The Kier molecular flexibility index (Phi) is 2.73. The number of hydrogen-bond donors (Lipinski definition) is 2. The molecule has 0 saturated carbocycles. The van der Waals surface area contributed by atoms with Gasteiger partial charge in [0.05, 0.1) is 15.9 Å². The van der Waals surface area contributed by atoms with Crippen LogP contribution in [0.1, 0.15) is 4.88 Å². The number of fused-ring (bicyclic) bond motifs is 1. The number of nitro groups is 1. The second-order valence-corrected chi connectivity index (χ2v) is 5.37. The van der Waals surface area contributed by atoms with Crippen molar-refractivity contribution < 1.29 is 14.8 Å². The fraction of sp³-hybridized carbons (Fsp3) is 0.0833. The van der Waals surface area contributed by atoms with Gasteiger partial charge in [0.15, 0.2) is 4.80 Å². The molecule has 0 fully saturated rings. The maximum absolute atomic E-state index is 12.0. The van der Waals surface area contributed by atoms with Gasteiger partial charge in [0.25, 0.3) is 11.6 Å². The number of rotatable bonds is 2. The molecule has 1 aromatic carbocycles. The van der Waals surface area contributed by atoms with E-state index in [1.807, 2.05) is 0 Å². The van der Waals surface area contributed by atoms with Crippen LogP contribution >= 0.6 is 11.3 Å². The molecular weight excluding hydrogens is 296 g/mol. The fourth-order valence-electron chi connectivity index (χ4n) is 2.06. The molecule has 0 unspecified atom stereocenters. The number of nitrogens with one attached hydrogen (secondary N) is 1. The minimum atomic E-state index is -0.581. The number of aromatic hydroxyl groups is 1. The fourth-order valence-corrected chi connectivity index (χ4v) is 3.00. The summed E-state index contributed by atoms with van der Waals surface area (Å²) < 4.78 is 1.22. The molecule has 2 N–H and O–H groups in total. The summed E-state index contributed by atoms with van der Waals surface area (Å²) in [6, 6.07) is 3.91. The molecule has 8 nitrogen and oxygen atoms in total. The second-order valence-electron chi connectivity index (χ2n) is 4.37. The molecule has 0 aliphatic carbocycles. The highest BCUT2D eigenvalue weighted by atomic mass is 32.1. The third-order valence-electron chi connectivity index (χ3n) is 3.15. The maximum Gasteiger partial charge on any atom is 0.279 e. The quantitative estimate of drug-likeness (QED) is 0.575. The number of aromatic nitrogens is 1. The van der Waals surface area contributed by atoms with Crippen molar-refractivity contribution in [3.63, 3.8) is 0 Å². The number of hydrogen-bond acceptors (Lipinski definition) is 6. The summed E-state index contributed by atoms with van der Waals surface area (Å²) in [4.78, 5) is 26.4. The summed E-state index contributed by atoms with van der Waals surface area (Å²) in [6.07, 6.45) is 0. The number of nitro benzene ring substituents is 1. The van der Waals surface area contributed by atoms with E-state index >= 15 is 0 Å². The van der Waals surface area contributed by atoms with E-state index in [9.17, 15) is 20.0 Å². The predicted molar refractivity (Wildman–Crippen MR) is 72.2 cm³/mol. The summed E-state index contributed by atoms with van der Waals surface area (Å²) >= 11 is 0.912. The Morgan fingerprint density at radius 1 is 1.48 bits per heavy atom. The smallest absolute Gasteiger partial charge is 0.279 e. The van der Waals surface area contributed by atoms with Gasteiger partial charge in [-0.05, 0) is 6.07 Å². The summed E-state index contributed by atoms with van der Waals surface area (Å²) in [5.41, 5.74) is -0.0760. The van der Waals surface area contributed by atoms with E-state index in [2.05, 4.69) is 4.99 Å². The first-order valence-electron chi connectivity index (χ1n) is 5.75. The molecule has 106 valence electrons. The second kappa shape index (κ2) is 4.35. The zero-order valence-corrected chi connectivity index (χ0v) is 11.5. The number of nitrogens with zero attached hydrogens (tertiary/aromatic N) is 3. The largest absolute Gasteiger partial charge is 0.493 e. The van der Waals surface area contributed by atoms with Gasteiger partial charge in [-0.15, -0.1) is 0 Å². The molecule has 9 heteroatoms. The van der Waals surface area contributed by atoms with Crippen molar-refractivity contribution in [2.24, 2.45) is 12.0 Å². The highest BCUT2D eigenvalue weighted by molar-refractivity contribution is 7.11. The van der Waals surface area contributed by atoms with E-state index in [1.165, 1.54) is 29.8 Å². The summed E-state index contributed by atoms with van der Waals surface area (Å²) in [7, 11) is 1.49. The molecule has 2 aromatic rings. The van der Waals surface area contributed by atoms with Crippen LogP contribution in [0.25, 0.3) is 5.57 Å². The number of amides is 1. The van der Waals surface area contributed by atoms with Crippen molar-refractivity contribution in [1.82, 2.24) is 4.57 Å². The number of carbonyl (C=O) groups excluding carboxylic acids is 1. The van der Waals surface area contributed by atoms with Crippen molar-refractivity contribution >= 4 is 28.5 Å². The van der Waals surface area contributed by atoms with Crippen LogP contribution in [-0.4, -0.2) is 20.5 Å². The van der Waals surface area contributed by atoms with Crippen LogP contribution in [0.3, 0.4) is 0 Å². The molecule has 0 radical (unpaired) electrons. The first-order valence-corrected chi connectivity index (χ1v) is 6.57. The SMILES string of the molecule is Cn1c(O)c(C2=c3cc([N+](=O)[O-])ccc3=NC2=O)sc1=N. The molecule has 0 spiro atoms. The average molecular weight is 304 g/mol. The van der Waals surface area contributed by atoms with Gasteiger partial charge in [-0.2, -0.15) is 0 Å². The number of benzene rings is 1. The zero-order chi connectivity index (χ0) is 15.3. The zero-order valence-electron chi connectivity index (χ0n) is 10.7. The van der Waals surface area contributed by atoms with Crippen LogP contribution in [0.15, 0.2) is 23.2 Å². The topological polar surface area (TPSA) is 122 Å². The molecule has 21 heavy (non-hydrogen) atoms. The van der Waals surface area contributed by atoms with Crippen LogP contribution in [-0.2, 0) is 11.8 Å². The van der Waals surface area contributed by atoms with Gasteiger partial charge in [-0.1, -0.05) is 11.3 Å². The van der Waals surface area contributed by atoms with Crippen LogP contribution in [0, 0.1) is 15.5 Å². The van der Waals surface area contributed by atoms with Crippen LogP contribution in [0.4, 0.5) is 5.69 Å². The van der Waals surface area contributed by atoms with Gasteiger partial charge >= 0.3 is 0 Å². The van der Waals surface area contributed by atoms with Crippen molar-refractivity contribution in [1.29, 1.82) is 5.41 Å². The molecule has 0 atom stereocenters. The van der Waals surface area contributed by atoms with E-state index in [0.717, 1.165) is 11.3 Å². The van der Waals surface area contributed by atoms with Gasteiger partial charge in [0, 0.05) is 24.4 Å². The minimum absolute atomic E-state index is 0.0571.